The van der Waals surface area contributed by atoms with Crippen LogP contribution < -0.4 is 0 Å². The van der Waals surface area contributed by atoms with Crippen LogP contribution in [0, 0.1) is 37.0 Å². The maximum atomic E-state index is 5.60. The minimum Gasteiger partial charge on any atom is -0.115 e. The molecule has 0 aliphatic heterocycles. The summed E-state index contributed by atoms with van der Waals surface area (Å²) >= 11 is 5.60. The van der Waals surface area contributed by atoms with Gasteiger partial charge in [-0.25, -0.2) is 0 Å². The molecule has 0 fully saturated rings. The fourth-order valence-electron chi connectivity index (χ4n) is 1.24. The molecule has 0 N–H and O–H groups in total. The smallest absolute Gasteiger partial charge is 0.0406 e. The second-order valence-electron chi connectivity index (χ2n) is 3.52. The molecule has 0 aromatic heterocycles. The molecular weight excluding hydrogens is 252 g/mol. The summed E-state index contributed by atoms with van der Waals surface area (Å²) in [5, 5.41) is 0.717. The predicted molar refractivity (Wildman–Crippen MR) is 81.7 cm³/mol. The first-order valence-electron chi connectivity index (χ1n) is 5.45. The summed E-state index contributed by atoms with van der Waals surface area (Å²) in [5.74, 6) is 7.51. The predicted octanol–water partition coefficient (Wildman–Crippen LogP) is 3.97. The Morgan fingerprint density at radius 3 is 1.58 bits per heavy atom. The summed E-state index contributed by atoms with van der Waals surface area (Å²) in [6.45, 7) is 0. The number of hydrogen-bond donors (Lipinski definition) is 0. The van der Waals surface area contributed by atoms with E-state index < -0.39 is 0 Å². The lowest BCUT2D eigenvalue weighted by Crippen LogP contribution is -1.75. The molecule has 0 bridgehead atoms. The highest BCUT2D eigenvalue weighted by molar-refractivity contribution is 6.30. The van der Waals surface area contributed by atoms with Gasteiger partial charge in [0.1, 0.15) is 0 Å². The molecule has 0 saturated carbocycles. The highest BCUT2D eigenvalue weighted by atomic mass is 35.5. The average Bonchev–Trinajstić information content (AvgIpc) is 2.48. The van der Waals surface area contributed by atoms with Crippen LogP contribution in [-0.2, 0) is 0 Å². The normalized spacial score (nSPS) is 8.11. The van der Waals surface area contributed by atoms with Gasteiger partial charge in [0.25, 0.3) is 0 Å². The Kier molecular flexibility index (Phi) is 5.85. The molecule has 0 amide bonds. The number of hydrogen-bond acceptors (Lipinski definition) is 0. The van der Waals surface area contributed by atoms with Crippen LogP contribution in [0.15, 0.2) is 48.5 Å². The van der Waals surface area contributed by atoms with Gasteiger partial charge in [0.2, 0.25) is 0 Å². The number of rotatable bonds is 0. The lowest BCUT2D eigenvalue weighted by molar-refractivity contribution is 1.60. The molecule has 0 atom stereocenters. The molecule has 0 aliphatic carbocycles. The molecule has 0 aliphatic rings. The van der Waals surface area contributed by atoms with E-state index in [1.807, 2.05) is 30.3 Å². The minimum absolute atomic E-state index is 0.717. The first-order valence-corrected chi connectivity index (χ1v) is 5.83. The summed E-state index contributed by atoms with van der Waals surface area (Å²) in [6, 6.07) is 14.5. The zero-order chi connectivity index (χ0) is 14.1. The molecule has 0 heterocycles. The lowest BCUT2D eigenvalue weighted by Gasteiger charge is -1.89. The zero-order valence-corrected chi connectivity index (χ0v) is 11.0. The highest BCUT2D eigenvalue weighted by Crippen LogP contribution is 2.07. The number of halogens is 1. The molecule has 1 heteroatoms. The van der Waals surface area contributed by atoms with E-state index in [0.717, 1.165) is 16.7 Å². The highest BCUT2D eigenvalue weighted by Gasteiger charge is 1.86. The van der Waals surface area contributed by atoms with Crippen LogP contribution in [0.4, 0.5) is 0 Å². The van der Waals surface area contributed by atoms with Crippen molar-refractivity contribution in [2.75, 3.05) is 0 Å². The van der Waals surface area contributed by atoms with Gasteiger partial charge in [0.05, 0.1) is 0 Å². The average molecular weight is 263 g/mol. The zero-order valence-electron chi connectivity index (χ0n) is 10.2. The second kappa shape index (κ2) is 7.68. The van der Waals surface area contributed by atoms with Gasteiger partial charge in [0.15, 0.2) is 0 Å². The number of terminal acetylenes is 3. The van der Waals surface area contributed by atoms with Crippen molar-refractivity contribution >= 4 is 11.6 Å². The Morgan fingerprint density at radius 2 is 1.16 bits per heavy atom. The van der Waals surface area contributed by atoms with Gasteiger partial charge in [0, 0.05) is 21.7 Å². The van der Waals surface area contributed by atoms with Crippen LogP contribution in [0.25, 0.3) is 0 Å². The van der Waals surface area contributed by atoms with Gasteiger partial charge in [-0.05, 0) is 42.5 Å². The van der Waals surface area contributed by atoms with E-state index in [1.165, 1.54) is 0 Å². The van der Waals surface area contributed by atoms with Crippen molar-refractivity contribution in [3.63, 3.8) is 0 Å². The van der Waals surface area contributed by atoms with Crippen molar-refractivity contribution in [1.29, 1.82) is 0 Å². The van der Waals surface area contributed by atoms with E-state index in [2.05, 4.69) is 17.8 Å². The van der Waals surface area contributed by atoms with Crippen LogP contribution >= 0.6 is 11.6 Å². The van der Waals surface area contributed by atoms with Gasteiger partial charge < -0.3 is 0 Å². The van der Waals surface area contributed by atoms with E-state index in [0.29, 0.717) is 5.02 Å². The molecular formula is C18H11Cl. The summed E-state index contributed by atoms with van der Waals surface area (Å²) in [4.78, 5) is 0. The summed E-state index contributed by atoms with van der Waals surface area (Å²) in [7, 11) is 0. The molecule has 2 aromatic carbocycles. The number of benzene rings is 2. The third kappa shape index (κ3) is 5.06. The minimum atomic E-state index is 0.717. The van der Waals surface area contributed by atoms with Crippen molar-refractivity contribution in [3.8, 4) is 37.0 Å². The molecule has 2 aromatic rings. The van der Waals surface area contributed by atoms with Gasteiger partial charge in [-0.2, -0.15) is 0 Å². The Hall–Kier alpha value is -2.59. The Labute approximate surface area is 119 Å². The van der Waals surface area contributed by atoms with Crippen LogP contribution in [0.5, 0.6) is 0 Å². The molecule has 90 valence electrons. The lowest BCUT2D eigenvalue weighted by atomic mass is 10.1. The van der Waals surface area contributed by atoms with Crippen LogP contribution in [-0.4, -0.2) is 0 Å². The van der Waals surface area contributed by atoms with Crippen LogP contribution in [0.2, 0.25) is 5.02 Å². The van der Waals surface area contributed by atoms with E-state index in [1.54, 1.807) is 18.2 Å². The topological polar surface area (TPSA) is 0 Å². The van der Waals surface area contributed by atoms with Crippen molar-refractivity contribution < 1.29 is 0 Å². The summed E-state index contributed by atoms with van der Waals surface area (Å²) in [5.41, 5.74) is 2.52. The summed E-state index contributed by atoms with van der Waals surface area (Å²) < 4.78 is 0. The molecule has 19 heavy (non-hydrogen) atoms. The van der Waals surface area contributed by atoms with E-state index in [4.69, 9.17) is 30.9 Å². The Morgan fingerprint density at radius 1 is 0.684 bits per heavy atom. The third-order valence-corrected chi connectivity index (χ3v) is 2.46. The van der Waals surface area contributed by atoms with E-state index in [9.17, 15) is 0 Å². The fourth-order valence-corrected chi connectivity index (χ4v) is 1.37. The quantitative estimate of drug-likeness (QED) is 0.630. The first-order chi connectivity index (χ1) is 9.19. The Balaban J connectivity index is 0.000000191. The first kappa shape index (κ1) is 14.5. The fraction of sp³-hybridized carbons (Fsp3) is 0. The van der Waals surface area contributed by atoms with E-state index >= 15 is 0 Å². The maximum Gasteiger partial charge on any atom is 0.0406 e. The van der Waals surface area contributed by atoms with Gasteiger partial charge in [-0.15, -0.1) is 19.3 Å². The van der Waals surface area contributed by atoms with Gasteiger partial charge >= 0.3 is 0 Å². The monoisotopic (exact) mass is 262 g/mol. The largest absolute Gasteiger partial charge is 0.115 e. The van der Waals surface area contributed by atoms with Crippen molar-refractivity contribution in [2.24, 2.45) is 0 Å². The third-order valence-electron chi connectivity index (χ3n) is 2.21. The maximum absolute atomic E-state index is 5.60. The SMILES string of the molecule is C#Cc1ccc(Cl)cc1.C#Cc1cccc(C#C)c1. The van der Waals surface area contributed by atoms with Gasteiger partial charge in [-0.1, -0.05) is 35.4 Å². The molecule has 0 saturated heterocycles. The standard InChI is InChI=1S/C10H6.C8H5Cl/c1-3-9-6-5-7-10(4-2)8-9;1-2-7-3-5-8(9)6-4-7/h1-2,5-8H;1,3-6H. The second-order valence-corrected chi connectivity index (χ2v) is 3.96. The van der Waals surface area contributed by atoms with Crippen molar-refractivity contribution in [3.05, 3.63) is 70.2 Å². The van der Waals surface area contributed by atoms with Gasteiger partial charge in [-0.3, -0.25) is 0 Å². The molecule has 0 nitrogen and oxygen atoms in total. The molecule has 0 spiro atoms. The van der Waals surface area contributed by atoms with Crippen LogP contribution in [0.1, 0.15) is 16.7 Å². The van der Waals surface area contributed by atoms with Crippen molar-refractivity contribution in [2.45, 2.75) is 0 Å². The van der Waals surface area contributed by atoms with Crippen molar-refractivity contribution in [1.82, 2.24) is 0 Å². The summed E-state index contributed by atoms with van der Waals surface area (Å²) in [6.07, 6.45) is 15.4. The Bertz CT molecular complexity index is 629. The molecule has 0 unspecified atom stereocenters. The molecule has 2 rings (SSSR count). The van der Waals surface area contributed by atoms with Crippen LogP contribution in [0.3, 0.4) is 0 Å². The van der Waals surface area contributed by atoms with E-state index in [-0.39, 0.29) is 0 Å². The molecule has 0 radical (unpaired) electrons.